The van der Waals surface area contributed by atoms with Gasteiger partial charge in [-0.1, -0.05) is 25.8 Å². The Kier molecular flexibility index (Phi) is 2.70. The van der Waals surface area contributed by atoms with Gasteiger partial charge in [0.2, 0.25) is 0 Å². The summed E-state index contributed by atoms with van der Waals surface area (Å²) in [5.41, 5.74) is 1.63. The van der Waals surface area contributed by atoms with Gasteiger partial charge in [-0.3, -0.25) is 4.98 Å². The Hall–Kier alpha value is -0.890. The summed E-state index contributed by atoms with van der Waals surface area (Å²) >= 11 is 0. The van der Waals surface area contributed by atoms with E-state index in [2.05, 4.69) is 24.0 Å². The van der Waals surface area contributed by atoms with Gasteiger partial charge in [0.1, 0.15) is 0 Å². The van der Waals surface area contributed by atoms with Crippen LogP contribution in [0.15, 0.2) is 24.4 Å². The van der Waals surface area contributed by atoms with Crippen molar-refractivity contribution >= 4 is 0 Å². The summed E-state index contributed by atoms with van der Waals surface area (Å²) in [4.78, 5) is 4.57. The van der Waals surface area contributed by atoms with Gasteiger partial charge in [-0.15, -0.1) is 0 Å². The molecule has 92 valence electrons. The summed E-state index contributed by atoms with van der Waals surface area (Å²) in [6, 6.07) is 6.27. The number of rotatable bonds is 1. The lowest BCUT2D eigenvalue weighted by molar-refractivity contribution is -0.0992. The molecule has 1 aromatic heterocycles. The van der Waals surface area contributed by atoms with Gasteiger partial charge in [0.05, 0.1) is 5.60 Å². The van der Waals surface area contributed by atoms with E-state index in [9.17, 15) is 0 Å². The first-order valence-corrected chi connectivity index (χ1v) is 6.78. The summed E-state index contributed by atoms with van der Waals surface area (Å²) in [7, 11) is 0. The molecule has 1 saturated carbocycles. The SMILES string of the molecule is C[C@@]1(c2ccccn2)CCOC2(CCCC2)C1. The molecule has 1 saturated heterocycles. The molecule has 17 heavy (non-hydrogen) atoms. The van der Waals surface area contributed by atoms with Crippen LogP contribution in [0.25, 0.3) is 0 Å². The lowest BCUT2D eigenvalue weighted by atomic mass is 9.71. The van der Waals surface area contributed by atoms with Crippen LogP contribution >= 0.6 is 0 Å². The number of ether oxygens (including phenoxy) is 1. The largest absolute Gasteiger partial charge is 0.375 e. The maximum atomic E-state index is 6.12. The maximum absolute atomic E-state index is 6.12. The molecule has 1 spiro atoms. The van der Waals surface area contributed by atoms with Crippen molar-refractivity contribution in [1.82, 2.24) is 4.98 Å². The highest BCUT2D eigenvalue weighted by atomic mass is 16.5. The van der Waals surface area contributed by atoms with Crippen LogP contribution in [0.4, 0.5) is 0 Å². The van der Waals surface area contributed by atoms with Gasteiger partial charge in [-0.2, -0.15) is 0 Å². The molecule has 1 atom stereocenters. The van der Waals surface area contributed by atoms with E-state index >= 15 is 0 Å². The van der Waals surface area contributed by atoms with Crippen LogP contribution in [0, 0.1) is 0 Å². The van der Waals surface area contributed by atoms with Crippen LogP contribution in [-0.2, 0) is 10.2 Å². The molecule has 2 nitrogen and oxygen atoms in total. The molecular weight excluding hydrogens is 210 g/mol. The lowest BCUT2D eigenvalue weighted by Gasteiger charge is -2.44. The van der Waals surface area contributed by atoms with Gasteiger partial charge in [0.15, 0.2) is 0 Å². The molecule has 0 aromatic carbocycles. The second kappa shape index (κ2) is 4.09. The summed E-state index contributed by atoms with van der Waals surface area (Å²) in [6.45, 7) is 3.25. The average Bonchev–Trinajstić information content (AvgIpc) is 2.78. The van der Waals surface area contributed by atoms with E-state index in [0.717, 1.165) is 19.4 Å². The van der Waals surface area contributed by atoms with E-state index < -0.39 is 0 Å². The summed E-state index contributed by atoms with van der Waals surface area (Å²) in [5, 5.41) is 0. The molecule has 2 aliphatic rings. The first-order valence-electron chi connectivity index (χ1n) is 6.78. The second-order valence-electron chi connectivity index (χ2n) is 5.94. The predicted molar refractivity (Wildman–Crippen MR) is 68.0 cm³/mol. The van der Waals surface area contributed by atoms with Crippen molar-refractivity contribution in [3.63, 3.8) is 0 Å². The van der Waals surface area contributed by atoms with Crippen molar-refractivity contribution < 1.29 is 4.74 Å². The van der Waals surface area contributed by atoms with E-state index in [4.69, 9.17) is 4.74 Å². The van der Waals surface area contributed by atoms with Crippen LogP contribution in [0.3, 0.4) is 0 Å². The number of pyridine rings is 1. The van der Waals surface area contributed by atoms with Gasteiger partial charge in [-0.25, -0.2) is 0 Å². The number of nitrogens with zero attached hydrogens (tertiary/aromatic N) is 1. The minimum absolute atomic E-state index is 0.171. The molecule has 3 rings (SSSR count). The fourth-order valence-corrected chi connectivity index (χ4v) is 3.62. The molecule has 0 amide bonds. The first kappa shape index (κ1) is 11.2. The van der Waals surface area contributed by atoms with Crippen molar-refractivity contribution in [3.8, 4) is 0 Å². The quantitative estimate of drug-likeness (QED) is 0.738. The van der Waals surface area contributed by atoms with E-state index in [0.29, 0.717) is 0 Å². The van der Waals surface area contributed by atoms with Gasteiger partial charge in [0, 0.05) is 23.9 Å². The molecule has 2 fully saturated rings. The second-order valence-corrected chi connectivity index (χ2v) is 5.94. The van der Waals surface area contributed by atoms with Gasteiger partial charge >= 0.3 is 0 Å². The number of aromatic nitrogens is 1. The Morgan fingerprint density at radius 3 is 2.71 bits per heavy atom. The third-order valence-electron chi connectivity index (χ3n) is 4.57. The average molecular weight is 231 g/mol. The fraction of sp³-hybridized carbons (Fsp3) is 0.667. The van der Waals surface area contributed by atoms with Crippen molar-refractivity contribution in [2.75, 3.05) is 6.61 Å². The zero-order chi connectivity index (χ0) is 11.8. The Morgan fingerprint density at radius 1 is 1.18 bits per heavy atom. The molecule has 0 radical (unpaired) electrons. The van der Waals surface area contributed by atoms with Gasteiger partial charge in [-0.05, 0) is 37.8 Å². The highest BCUT2D eigenvalue weighted by Crippen LogP contribution is 2.47. The normalized spacial score (nSPS) is 31.8. The molecule has 2 heterocycles. The Morgan fingerprint density at radius 2 is 2.00 bits per heavy atom. The third kappa shape index (κ3) is 1.99. The summed E-state index contributed by atoms with van der Waals surface area (Å²) in [6.07, 6.45) is 9.32. The van der Waals surface area contributed by atoms with Gasteiger partial charge in [0.25, 0.3) is 0 Å². The third-order valence-corrected chi connectivity index (χ3v) is 4.57. The Bertz CT molecular complexity index is 383. The molecule has 0 bridgehead atoms. The van der Waals surface area contributed by atoms with E-state index in [1.807, 2.05) is 12.3 Å². The van der Waals surface area contributed by atoms with E-state index in [-0.39, 0.29) is 11.0 Å². The molecule has 1 aliphatic carbocycles. The smallest absolute Gasteiger partial charge is 0.0691 e. The highest BCUT2D eigenvalue weighted by molar-refractivity contribution is 5.18. The Balaban J connectivity index is 1.87. The van der Waals surface area contributed by atoms with Crippen LogP contribution in [0.5, 0.6) is 0 Å². The maximum Gasteiger partial charge on any atom is 0.0691 e. The predicted octanol–water partition coefficient (Wildman–Crippen LogP) is 3.46. The minimum Gasteiger partial charge on any atom is -0.375 e. The molecule has 0 unspecified atom stereocenters. The fourth-order valence-electron chi connectivity index (χ4n) is 3.62. The number of hydrogen-bond acceptors (Lipinski definition) is 2. The lowest BCUT2D eigenvalue weighted by Crippen LogP contribution is -2.44. The Labute approximate surface area is 103 Å². The van der Waals surface area contributed by atoms with Crippen LogP contribution in [-0.4, -0.2) is 17.2 Å². The summed E-state index contributed by atoms with van der Waals surface area (Å²) < 4.78 is 6.12. The highest BCUT2D eigenvalue weighted by Gasteiger charge is 2.46. The topological polar surface area (TPSA) is 22.1 Å². The van der Waals surface area contributed by atoms with Crippen molar-refractivity contribution in [2.24, 2.45) is 0 Å². The molecule has 2 heteroatoms. The minimum atomic E-state index is 0.171. The monoisotopic (exact) mass is 231 g/mol. The van der Waals surface area contributed by atoms with Crippen molar-refractivity contribution in [1.29, 1.82) is 0 Å². The first-order chi connectivity index (χ1) is 8.23. The molecule has 1 aliphatic heterocycles. The van der Waals surface area contributed by atoms with E-state index in [1.165, 1.54) is 31.4 Å². The van der Waals surface area contributed by atoms with Crippen LogP contribution < -0.4 is 0 Å². The molecule has 1 aromatic rings. The van der Waals surface area contributed by atoms with Crippen LogP contribution in [0.1, 0.15) is 51.1 Å². The zero-order valence-electron chi connectivity index (χ0n) is 10.6. The van der Waals surface area contributed by atoms with Crippen molar-refractivity contribution in [2.45, 2.75) is 56.5 Å². The van der Waals surface area contributed by atoms with Crippen LogP contribution in [0.2, 0.25) is 0 Å². The number of hydrogen-bond donors (Lipinski definition) is 0. The zero-order valence-corrected chi connectivity index (χ0v) is 10.6. The van der Waals surface area contributed by atoms with Crippen molar-refractivity contribution in [3.05, 3.63) is 30.1 Å². The standard InChI is InChI=1S/C15H21NO/c1-14(13-6-2-5-10-16-13)9-11-17-15(12-14)7-3-4-8-15/h2,5-6,10H,3-4,7-9,11-12H2,1H3/t14-/m1/s1. The molecule has 0 N–H and O–H groups in total. The van der Waals surface area contributed by atoms with Gasteiger partial charge < -0.3 is 4.74 Å². The van der Waals surface area contributed by atoms with E-state index in [1.54, 1.807) is 0 Å². The summed E-state index contributed by atoms with van der Waals surface area (Å²) in [5.74, 6) is 0. The molecular formula is C15H21NO.